The Morgan fingerprint density at radius 3 is 2.25 bits per heavy atom. The summed E-state index contributed by atoms with van der Waals surface area (Å²) in [5, 5.41) is 0.511. The highest BCUT2D eigenvalue weighted by Gasteiger charge is 2.39. The zero-order valence-corrected chi connectivity index (χ0v) is 16.5. The fourth-order valence-corrected chi connectivity index (χ4v) is 7.43. The van der Waals surface area contributed by atoms with E-state index in [1.165, 1.54) is 11.3 Å². The first-order valence-electron chi connectivity index (χ1n) is 8.97. The molecule has 3 unspecified atom stereocenters. The summed E-state index contributed by atoms with van der Waals surface area (Å²) < 4.78 is 13.7. The van der Waals surface area contributed by atoms with E-state index in [0.29, 0.717) is 12.2 Å². The van der Waals surface area contributed by atoms with Crippen LogP contribution in [-0.4, -0.2) is 14.2 Å². The molecule has 7 heteroatoms. The first kappa shape index (κ1) is 17.3. The van der Waals surface area contributed by atoms with Crippen LogP contribution in [0.3, 0.4) is 0 Å². The van der Waals surface area contributed by atoms with Crippen molar-refractivity contribution in [1.29, 1.82) is 0 Å². The van der Waals surface area contributed by atoms with Gasteiger partial charge in [-0.25, -0.2) is 4.98 Å². The summed E-state index contributed by atoms with van der Waals surface area (Å²) in [6.07, 6.45) is 0.646. The maximum absolute atomic E-state index is 13.7. The van der Waals surface area contributed by atoms with E-state index in [1.807, 2.05) is 60.7 Å². The van der Waals surface area contributed by atoms with E-state index in [0.717, 1.165) is 31.8 Å². The number of hydrogen-bond donors (Lipinski definition) is 2. The van der Waals surface area contributed by atoms with E-state index in [-0.39, 0.29) is 16.4 Å². The average molecular weight is 407 g/mol. The number of anilines is 2. The predicted molar refractivity (Wildman–Crippen MR) is 116 cm³/mol. The highest BCUT2D eigenvalue weighted by Crippen LogP contribution is 2.50. The van der Waals surface area contributed by atoms with Gasteiger partial charge in [0.25, 0.3) is 0 Å². The Morgan fingerprint density at radius 2 is 1.57 bits per heavy atom. The highest BCUT2D eigenvalue weighted by atomic mass is 32.2. The third-order valence-electron chi connectivity index (χ3n) is 5.14. The minimum absolute atomic E-state index is 0.117. The maximum atomic E-state index is 13.7. The number of rotatable bonds is 2. The molecule has 2 aromatic heterocycles. The van der Waals surface area contributed by atoms with Crippen LogP contribution in [0, 0.1) is 0 Å². The molecule has 0 bridgehead atoms. The van der Waals surface area contributed by atoms with Crippen molar-refractivity contribution in [2.75, 3.05) is 11.5 Å². The van der Waals surface area contributed by atoms with Crippen molar-refractivity contribution in [2.45, 2.75) is 16.9 Å². The van der Waals surface area contributed by atoms with E-state index in [1.54, 1.807) is 0 Å². The minimum atomic E-state index is -1.13. The van der Waals surface area contributed by atoms with E-state index < -0.39 is 10.8 Å². The Kier molecular flexibility index (Phi) is 4.14. The lowest BCUT2D eigenvalue weighted by Crippen LogP contribution is -2.23. The molecule has 1 aliphatic rings. The fourth-order valence-electron chi connectivity index (χ4n) is 3.90. The van der Waals surface area contributed by atoms with Crippen LogP contribution in [0.2, 0.25) is 0 Å². The number of nitrogen functional groups attached to an aromatic ring is 2. The number of nitrogens with two attached hydrogens (primary N) is 2. The Balaban J connectivity index is 1.78. The fraction of sp³-hybridized carbons (Fsp3) is 0.143. The molecular formula is C21H18N4OS2. The lowest BCUT2D eigenvalue weighted by atomic mass is 9.98. The van der Waals surface area contributed by atoms with Crippen molar-refractivity contribution in [3.8, 4) is 0 Å². The predicted octanol–water partition coefficient (Wildman–Crippen LogP) is 3.99. The van der Waals surface area contributed by atoms with Crippen LogP contribution in [0.5, 0.6) is 0 Å². The first-order valence-corrected chi connectivity index (χ1v) is 11.1. The summed E-state index contributed by atoms with van der Waals surface area (Å²) in [4.78, 5) is 10.4. The van der Waals surface area contributed by atoms with Crippen molar-refractivity contribution >= 4 is 44.1 Å². The lowest BCUT2D eigenvalue weighted by Gasteiger charge is -2.29. The van der Waals surface area contributed by atoms with Gasteiger partial charge in [0.05, 0.1) is 15.9 Å². The van der Waals surface area contributed by atoms with Gasteiger partial charge in [-0.2, -0.15) is 4.98 Å². The smallest absolute Gasteiger partial charge is 0.223 e. The van der Waals surface area contributed by atoms with Gasteiger partial charge >= 0.3 is 0 Å². The third-order valence-corrected chi connectivity index (χ3v) is 8.45. The molecule has 5 nitrogen and oxygen atoms in total. The van der Waals surface area contributed by atoms with Crippen molar-refractivity contribution in [2.24, 2.45) is 0 Å². The zero-order valence-electron chi connectivity index (χ0n) is 14.9. The molecule has 2 aromatic carbocycles. The molecule has 0 fully saturated rings. The SMILES string of the molecule is Nc1nc(N)c2c3c(sc2n1)C(c1ccccc1)S(=O)C(c1ccccc1)C3. The molecule has 0 amide bonds. The number of fused-ring (bicyclic) bond motifs is 3. The van der Waals surface area contributed by atoms with Crippen molar-refractivity contribution < 1.29 is 4.21 Å². The van der Waals surface area contributed by atoms with Crippen molar-refractivity contribution in [3.63, 3.8) is 0 Å². The number of thiophene rings is 1. The summed E-state index contributed by atoms with van der Waals surface area (Å²) in [5.41, 5.74) is 15.3. The minimum Gasteiger partial charge on any atom is -0.383 e. The molecule has 0 spiro atoms. The Labute approximate surface area is 168 Å². The van der Waals surface area contributed by atoms with Crippen LogP contribution in [0.1, 0.15) is 32.1 Å². The van der Waals surface area contributed by atoms with E-state index in [9.17, 15) is 4.21 Å². The Morgan fingerprint density at radius 1 is 0.929 bits per heavy atom. The van der Waals surface area contributed by atoms with Gasteiger partial charge < -0.3 is 11.5 Å². The molecule has 4 N–H and O–H groups in total. The molecule has 4 aromatic rings. The molecule has 3 heterocycles. The molecule has 140 valence electrons. The summed E-state index contributed by atoms with van der Waals surface area (Å²) in [6, 6.07) is 20.1. The van der Waals surface area contributed by atoms with Gasteiger partial charge in [0.2, 0.25) is 5.95 Å². The van der Waals surface area contributed by atoms with Crippen molar-refractivity contribution in [3.05, 3.63) is 82.2 Å². The molecule has 0 aliphatic carbocycles. The first-order chi connectivity index (χ1) is 13.6. The molecule has 0 saturated carbocycles. The largest absolute Gasteiger partial charge is 0.383 e. The van der Waals surface area contributed by atoms with Gasteiger partial charge in [-0.05, 0) is 23.1 Å². The van der Waals surface area contributed by atoms with E-state index >= 15 is 0 Å². The van der Waals surface area contributed by atoms with Gasteiger partial charge in [-0.15, -0.1) is 11.3 Å². The molecule has 3 atom stereocenters. The number of hydrogen-bond acceptors (Lipinski definition) is 6. The standard InChI is InChI=1S/C21H18N4OS2/c22-19-16-14-11-15(12-7-3-1-4-8-12)28(26)18(13-9-5-2-6-10-13)17(14)27-20(16)25-21(23)24-19/h1-10,15,18H,11H2,(H4,22,23,24,25). The summed E-state index contributed by atoms with van der Waals surface area (Å²) in [7, 11) is -1.13. The molecular weight excluding hydrogens is 388 g/mol. The van der Waals surface area contributed by atoms with Gasteiger partial charge in [-0.1, -0.05) is 60.7 Å². The van der Waals surface area contributed by atoms with E-state index in [2.05, 4.69) is 9.97 Å². The monoisotopic (exact) mass is 406 g/mol. The van der Waals surface area contributed by atoms with Crippen LogP contribution in [0.4, 0.5) is 11.8 Å². The molecule has 0 radical (unpaired) electrons. The van der Waals surface area contributed by atoms with Gasteiger partial charge in [0, 0.05) is 15.7 Å². The molecule has 5 rings (SSSR count). The average Bonchev–Trinajstić information content (AvgIpc) is 3.06. The normalized spacial score (nSPS) is 21.5. The second-order valence-corrected chi connectivity index (χ2v) is 9.54. The van der Waals surface area contributed by atoms with Gasteiger partial charge in [-0.3, -0.25) is 4.21 Å². The highest BCUT2D eigenvalue weighted by molar-refractivity contribution is 7.86. The summed E-state index contributed by atoms with van der Waals surface area (Å²) in [6.45, 7) is 0. The van der Waals surface area contributed by atoms with Crippen LogP contribution >= 0.6 is 11.3 Å². The topological polar surface area (TPSA) is 94.9 Å². The lowest BCUT2D eigenvalue weighted by molar-refractivity contribution is 0.660. The number of benzene rings is 2. The second kappa shape index (κ2) is 6.68. The molecule has 1 aliphatic heterocycles. The second-order valence-electron chi connectivity index (χ2n) is 6.81. The van der Waals surface area contributed by atoms with E-state index in [4.69, 9.17) is 11.5 Å². The van der Waals surface area contributed by atoms with Crippen LogP contribution in [0.25, 0.3) is 10.2 Å². The summed E-state index contributed by atoms with van der Waals surface area (Å²) >= 11 is 1.53. The van der Waals surface area contributed by atoms with Crippen LogP contribution in [-0.2, 0) is 17.2 Å². The summed E-state index contributed by atoms with van der Waals surface area (Å²) in [5.74, 6) is 0.562. The quantitative estimate of drug-likeness (QED) is 0.525. The zero-order chi connectivity index (χ0) is 19.3. The third kappa shape index (κ3) is 2.70. The van der Waals surface area contributed by atoms with Gasteiger partial charge in [0.1, 0.15) is 10.6 Å². The Hall–Kier alpha value is -2.77. The van der Waals surface area contributed by atoms with Crippen LogP contribution in [0.15, 0.2) is 60.7 Å². The van der Waals surface area contributed by atoms with Crippen molar-refractivity contribution in [1.82, 2.24) is 9.97 Å². The molecule has 0 saturated heterocycles. The maximum Gasteiger partial charge on any atom is 0.223 e. The number of nitrogens with zero attached hydrogens (tertiary/aromatic N) is 2. The van der Waals surface area contributed by atoms with Gasteiger partial charge in [0.15, 0.2) is 0 Å². The number of aromatic nitrogens is 2. The Bertz CT molecular complexity index is 1190. The van der Waals surface area contributed by atoms with Crippen LogP contribution < -0.4 is 11.5 Å². The molecule has 28 heavy (non-hydrogen) atoms.